The molecule has 0 saturated carbocycles. The molecular weight excluding hydrogens is 342 g/mol. The topological polar surface area (TPSA) is 102 Å². The number of benzene rings is 2. The van der Waals surface area contributed by atoms with Gasteiger partial charge in [0.25, 0.3) is 15.7 Å². The molecule has 0 bridgehead atoms. The Balaban J connectivity index is 1.98. The van der Waals surface area contributed by atoms with Gasteiger partial charge in [0.2, 0.25) is 0 Å². The van der Waals surface area contributed by atoms with Crippen LogP contribution in [0.2, 0.25) is 0 Å². The molecule has 7 nitrogen and oxygen atoms in total. The second-order valence-corrected chi connectivity index (χ2v) is 7.36. The van der Waals surface area contributed by atoms with E-state index in [0.717, 1.165) is 5.56 Å². The van der Waals surface area contributed by atoms with Gasteiger partial charge in [-0.25, -0.2) is 13.4 Å². The van der Waals surface area contributed by atoms with Crippen LogP contribution in [0.5, 0.6) is 0 Å². The number of non-ortho nitro benzene ring substituents is 1. The van der Waals surface area contributed by atoms with E-state index >= 15 is 0 Å². The van der Waals surface area contributed by atoms with Crippen LogP contribution >= 0.6 is 0 Å². The molecule has 0 fully saturated rings. The number of aryl methyl sites for hydroxylation is 2. The Morgan fingerprint density at radius 2 is 1.80 bits per heavy atom. The van der Waals surface area contributed by atoms with Crippen molar-refractivity contribution in [3.05, 3.63) is 69.8 Å². The first-order valence-electron chi connectivity index (χ1n) is 7.41. The van der Waals surface area contributed by atoms with Gasteiger partial charge in [-0.1, -0.05) is 12.1 Å². The summed E-state index contributed by atoms with van der Waals surface area (Å²) in [6.45, 7) is 3.54. The first-order chi connectivity index (χ1) is 11.8. The van der Waals surface area contributed by atoms with Crippen molar-refractivity contribution in [2.45, 2.75) is 18.7 Å². The smallest absolute Gasteiger partial charge is 0.263 e. The minimum atomic E-state index is -3.78. The van der Waals surface area contributed by atoms with Crippen LogP contribution in [0.4, 0.5) is 11.5 Å². The Kier molecular flexibility index (Phi) is 4.13. The summed E-state index contributed by atoms with van der Waals surface area (Å²) < 4.78 is 27.7. The zero-order valence-electron chi connectivity index (χ0n) is 13.6. The molecule has 0 unspecified atom stereocenters. The van der Waals surface area contributed by atoms with Crippen molar-refractivity contribution in [2.75, 3.05) is 4.72 Å². The van der Waals surface area contributed by atoms with Gasteiger partial charge in [0.05, 0.1) is 15.3 Å². The second kappa shape index (κ2) is 6.14. The van der Waals surface area contributed by atoms with Crippen LogP contribution in [-0.2, 0) is 10.0 Å². The lowest BCUT2D eigenvalue weighted by Crippen LogP contribution is -2.15. The normalized spacial score (nSPS) is 11.4. The summed E-state index contributed by atoms with van der Waals surface area (Å²) in [5.41, 5.74) is 1.89. The largest absolute Gasteiger partial charge is 0.270 e. The highest BCUT2D eigenvalue weighted by Crippen LogP contribution is 2.23. The average molecular weight is 357 g/mol. The van der Waals surface area contributed by atoms with E-state index in [1.807, 2.05) is 13.0 Å². The van der Waals surface area contributed by atoms with Gasteiger partial charge in [0.15, 0.2) is 0 Å². The van der Waals surface area contributed by atoms with Gasteiger partial charge < -0.3 is 0 Å². The number of hydrogen-bond acceptors (Lipinski definition) is 5. The Labute approximate surface area is 144 Å². The predicted octanol–water partition coefficient (Wildman–Crippen LogP) is 3.56. The Bertz CT molecular complexity index is 1090. The van der Waals surface area contributed by atoms with Crippen molar-refractivity contribution in [1.82, 2.24) is 4.98 Å². The molecule has 1 aromatic heterocycles. The molecule has 8 heteroatoms. The van der Waals surface area contributed by atoms with Crippen molar-refractivity contribution in [2.24, 2.45) is 0 Å². The Morgan fingerprint density at radius 3 is 2.52 bits per heavy atom. The number of sulfonamides is 1. The Morgan fingerprint density at radius 1 is 1.04 bits per heavy atom. The van der Waals surface area contributed by atoms with Crippen LogP contribution in [-0.4, -0.2) is 18.3 Å². The number of pyridine rings is 1. The monoisotopic (exact) mass is 357 g/mol. The van der Waals surface area contributed by atoms with Crippen LogP contribution in [0.3, 0.4) is 0 Å². The maximum atomic E-state index is 12.6. The van der Waals surface area contributed by atoms with E-state index in [1.165, 1.54) is 24.3 Å². The molecule has 0 aliphatic heterocycles. The van der Waals surface area contributed by atoms with Gasteiger partial charge in [-0.2, -0.15) is 0 Å². The van der Waals surface area contributed by atoms with Crippen molar-refractivity contribution in [3.63, 3.8) is 0 Å². The maximum Gasteiger partial charge on any atom is 0.270 e. The minimum absolute atomic E-state index is 0.0435. The zero-order chi connectivity index (χ0) is 18.2. The van der Waals surface area contributed by atoms with Gasteiger partial charge in [-0.15, -0.1) is 0 Å². The number of anilines is 1. The van der Waals surface area contributed by atoms with Crippen molar-refractivity contribution < 1.29 is 13.3 Å². The van der Waals surface area contributed by atoms with Crippen LogP contribution in [0.25, 0.3) is 10.9 Å². The van der Waals surface area contributed by atoms with Crippen molar-refractivity contribution in [1.29, 1.82) is 0 Å². The fourth-order valence-electron chi connectivity index (χ4n) is 2.47. The van der Waals surface area contributed by atoms with E-state index in [9.17, 15) is 18.5 Å². The molecule has 0 amide bonds. The molecule has 128 valence electrons. The summed E-state index contributed by atoms with van der Waals surface area (Å²) in [5, 5.41) is 11.4. The first-order valence-corrected chi connectivity index (χ1v) is 8.90. The summed E-state index contributed by atoms with van der Waals surface area (Å²) in [6.07, 6.45) is 0. The van der Waals surface area contributed by atoms with Crippen LogP contribution in [0.1, 0.15) is 11.1 Å². The number of nitro groups is 1. The van der Waals surface area contributed by atoms with E-state index in [4.69, 9.17) is 0 Å². The van der Waals surface area contributed by atoms with Gasteiger partial charge in [-0.3, -0.25) is 14.8 Å². The fourth-order valence-corrected chi connectivity index (χ4v) is 3.80. The minimum Gasteiger partial charge on any atom is -0.263 e. The number of rotatable bonds is 4. The van der Waals surface area contributed by atoms with E-state index in [-0.39, 0.29) is 16.4 Å². The molecule has 0 aliphatic rings. The quantitative estimate of drug-likeness (QED) is 0.568. The fraction of sp³-hybridized carbons (Fsp3) is 0.118. The van der Waals surface area contributed by atoms with E-state index in [2.05, 4.69) is 9.71 Å². The summed E-state index contributed by atoms with van der Waals surface area (Å²) >= 11 is 0. The van der Waals surface area contributed by atoms with Crippen LogP contribution in [0.15, 0.2) is 53.4 Å². The Hall–Kier alpha value is -3.00. The molecule has 0 aliphatic carbocycles. The van der Waals surface area contributed by atoms with Crippen LogP contribution in [0, 0.1) is 24.0 Å². The number of nitro benzene ring substituents is 1. The molecule has 1 heterocycles. The lowest BCUT2D eigenvalue weighted by atomic mass is 10.2. The molecule has 2 aromatic carbocycles. The maximum absolute atomic E-state index is 12.6. The van der Waals surface area contributed by atoms with E-state index in [0.29, 0.717) is 16.5 Å². The predicted molar refractivity (Wildman–Crippen MR) is 95.1 cm³/mol. The standard InChI is InChI=1S/C17H15N3O4S/c1-11-3-4-12(2)16(9-11)25(23,24)19-17-8-5-13-10-14(20(21)22)6-7-15(13)18-17/h3-10H,1-2H3,(H,18,19). The lowest BCUT2D eigenvalue weighted by Gasteiger charge is -2.11. The summed E-state index contributed by atoms with van der Waals surface area (Å²) in [7, 11) is -3.78. The molecule has 1 N–H and O–H groups in total. The molecule has 0 spiro atoms. The zero-order valence-corrected chi connectivity index (χ0v) is 14.4. The lowest BCUT2D eigenvalue weighted by molar-refractivity contribution is -0.384. The summed E-state index contributed by atoms with van der Waals surface area (Å²) in [5.74, 6) is 0.155. The third kappa shape index (κ3) is 3.43. The molecule has 0 radical (unpaired) electrons. The first kappa shape index (κ1) is 16.8. The van der Waals surface area contributed by atoms with E-state index in [1.54, 1.807) is 25.1 Å². The van der Waals surface area contributed by atoms with Crippen LogP contribution < -0.4 is 4.72 Å². The van der Waals surface area contributed by atoms with Crippen molar-refractivity contribution >= 4 is 32.4 Å². The molecular formula is C17H15N3O4S. The highest BCUT2D eigenvalue weighted by molar-refractivity contribution is 7.92. The highest BCUT2D eigenvalue weighted by Gasteiger charge is 2.18. The van der Waals surface area contributed by atoms with E-state index < -0.39 is 14.9 Å². The molecule has 0 saturated heterocycles. The van der Waals surface area contributed by atoms with Gasteiger partial charge in [0.1, 0.15) is 5.82 Å². The molecule has 25 heavy (non-hydrogen) atoms. The van der Waals surface area contributed by atoms with Gasteiger partial charge in [-0.05, 0) is 49.2 Å². The summed E-state index contributed by atoms with van der Waals surface area (Å²) in [4.78, 5) is 14.7. The average Bonchev–Trinajstić information content (AvgIpc) is 2.56. The highest BCUT2D eigenvalue weighted by atomic mass is 32.2. The molecule has 0 atom stereocenters. The number of aromatic nitrogens is 1. The SMILES string of the molecule is Cc1ccc(C)c(S(=O)(=O)Nc2ccc3cc([N+](=O)[O-])ccc3n2)c1. The van der Waals surface area contributed by atoms with Crippen molar-refractivity contribution in [3.8, 4) is 0 Å². The number of fused-ring (bicyclic) bond motifs is 1. The number of nitrogens with zero attached hydrogens (tertiary/aromatic N) is 2. The molecule has 3 rings (SSSR count). The third-order valence-electron chi connectivity index (χ3n) is 3.76. The number of hydrogen-bond donors (Lipinski definition) is 1. The van der Waals surface area contributed by atoms with Gasteiger partial charge >= 0.3 is 0 Å². The molecule has 3 aromatic rings. The second-order valence-electron chi connectivity index (χ2n) is 5.71. The number of nitrogens with one attached hydrogen (secondary N) is 1. The van der Waals surface area contributed by atoms with Gasteiger partial charge in [0, 0.05) is 17.5 Å². The summed E-state index contributed by atoms with van der Waals surface area (Å²) in [6, 6.07) is 12.5. The third-order valence-corrected chi connectivity index (χ3v) is 5.25.